The number of carboxylic acids is 1. The minimum Gasteiger partial charge on any atom is -0.478 e. The van der Waals surface area contributed by atoms with Crippen LogP contribution in [0.15, 0.2) is 12.1 Å². The van der Waals surface area contributed by atoms with Crippen molar-refractivity contribution in [3.05, 3.63) is 22.7 Å². The van der Waals surface area contributed by atoms with E-state index in [2.05, 4.69) is 5.32 Å². The lowest BCUT2D eigenvalue weighted by Gasteiger charge is -2.24. The summed E-state index contributed by atoms with van der Waals surface area (Å²) in [6.45, 7) is 5.77. The molecule has 1 rings (SSSR count). The van der Waals surface area contributed by atoms with E-state index in [0.717, 1.165) is 0 Å². The first-order valence-electron chi connectivity index (χ1n) is 4.81. The fourth-order valence-electron chi connectivity index (χ4n) is 1.30. The predicted octanol–water partition coefficient (Wildman–Crippen LogP) is 2.83. The van der Waals surface area contributed by atoms with Gasteiger partial charge in [-0.15, -0.1) is 0 Å². The first kappa shape index (κ1) is 12.6. The highest BCUT2D eigenvalue weighted by atomic mass is 35.5. The molecule has 0 amide bonds. The number of nitrogens with two attached hydrogens (primary N) is 1. The number of rotatable bonds is 2. The van der Waals surface area contributed by atoms with Gasteiger partial charge in [0.25, 0.3) is 0 Å². The fraction of sp³-hybridized carbons (Fsp3) is 0.364. The lowest BCUT2D eigenvalue weighted by molar-refractivity contribution is 0.0698. The Bertz CT molecular complexity index is 425. The van der Waals surface area contributed by atoms with Crippen LogP contribution < -0.4 is 11.1 Å². The smallest absolute Gasteiger partial charge is 0.337 e. The minimum atomic E-state index is -1.05. The maximum Gasteiger partial charge on any atom is 0.337 e. The molecule has 88 valence electrons. The molecule has 1 aromatic carbocycles. The van der Waals surface area contributed by atoms with Gasteiger partial charge in [0.15, 0.2) is 0 Å². The van der Waals surface area contributed by atoms with Crippen LogP contribution in [0.25, 0.3) is 0 Å². The number of halogens is 1. The second kappa shape index (κ2) is 4.22. The van der Waals surface area contributed by atoms with Crippen LogP contribution in [0.4, 0.5) is 11.4 Å². The van der Waals surface area contributed by atoms with Crippen LogP contribution in [0.2, 0.25) is 5.02 Å². The molecule has 1 aromatic rings. The number of hydrogen-bond donors (Lipinski definition) is 3. The van der Waals surface area contributed by atoms with E-state index in [0.29, 0.717) is 16.4 Å². The largest absolute Gasteiger partial charge is 0.478 e. The summed E-state index contributed by atoms with van der Waals surface area (Å²) >= 11 is 5.98. The average Bonchev–Trinajstić information content (AvgIpc) is 2.07. The summed E-state index contributed by atoms with van der Waals surface area (Å²) in [7, 11) is 0. The molecule has 4 nitrogen and oxygen atoms in total. The third-order valence-electron chi connectivity index (χ3n) is 1.84. The molecule has 4 N–H and O–H groups in total. The molecule has 0 aliphatic carbocycles. The van der Waals surface area contributed by atoms with Crippen molar-refractivity contribution in [3.63, 3.8) is 0 Å². The topological polar surface area (TPSA) is 75.3 Å². The molecular weight excluding hydrogens is 228 g/mol. The standard InChI is InChI=1S/C11H15ClN2O2/c1-11(2,3)14-9-7(10(15)16)4-6(13)5-8(9)12/h4-5,14H,13H2,1-3H3,(H,15,16). The highest BCUT2D eigenvalue weighted by Gasteiger charge is 2.19. The van der Waals surface area contributed by atoms with Crippen LogP contribution in [0.1, 0.15) is 31.1 Å². The minimum absolute atomic E-state index is 0.0833. The van der Waals surface area contributed by atoms with Gasteiger partial charge in [-0.3, -0.25) is 0 Å². The SMILES string of the molecule is CC(C)(C)Nc1c(Cl)cc(N)cc1C(=O)O. The normalized spacial score (nSPS) is 11.2. The van der Waals surface area contributed by atoms with Crippen molar-refractivity contribution in [1.82, 2.24) is 0 Å². The van der Waals surface area contributed by atoms with Crippen molar-refractivity contribution < 1.29 is 9.90 Å². The first-order chi connectivity index (χ1) is 7.20. The van der Waals surface area contributed by atoms with Gasteiger partial charge >= 0.3 is 5.97 Å². The molecular formula is C11H15ClN2O2. The van der Waals surface area contributed by atoms with Gasteiger partial charge in [-0.2, -0.15) is 0 Å². The van der Waals surface area contributed by atoms with E-state index in [9.17, 15) is 4.79 Å². The zero-order valence-corrected chi connectivity index (χ0v) is 10.2. The highest BCUT2D eigenvalue weighted by molar-refractivity contribution is 6.34. The van der Waals surface area contributed by atoms with Crippen LogP contribution in [0.5, 0.6) is 0 Å². The molecule has 0 heterocycles. The molecule has 16 heavy (non-hydrogen) atoms. The molecule has 0 saturated heterocycles. The van der Waals surface area contributed by atoms with Crippen molar-refractivity contribution in [2.45, 2.75) is 26.3 Å². The van der Waals surface area contributed by atoms with Gasteiger partial charge in [-0.05, 0) is 32.9 Å². The second-order valence-electron chi connectivity index (χ2n) is 4.61. The van der Waals surface area contributed by atoms with Crippen LogP contribution in [-0.4, -0.2) is 16.6 Å². The third kappa shape index (κ3) is 3.03. The van der Waals surface area contributed by atoms with Crippen LogP contribution in [0.3, 0.4) is 0 Å². The number of hydrogen-bond acceptors (Lipinski definition) is 3. The van der Waals surface area contributed by atoms with E-state index >= 15 is 0 Å². The molecule has 0 unspecified atom stereocenters. The summed E-state index contributed by atoms with van der Waals surface area (Å²) < 4.78 is 0. The molecule has 0 spiro atoms. The number of aromatic carboxylic acids is 1. The maximum atomic E-state index is 11.1. The summed E-state index contributed by atoms with van der Waals surface area (Å²) in [5.41, 5.74) is 6.10. The van der Waals surface area contributed by atoms with E-state index in [1.165, 1.54) is 12.1 Å². The summed E-state index contributed by atoms with van der Waals surface area (Å²) in [5.74, 6) is -1.05. The van der Waals surface area contributed by atoms with Crippen LogP contribution in [0, 0.1) is 0 Å². The number of carbonyl (C=O) groups is 1. The number of carboxylic acid groups (broad SMARTS) is 1. The van der Waals surface area contributed by atoms with Crippen molar-refractivity contribution in [2.24, 2.45) is 0 Å². The molecule has 0 saturated carbocycles. The van der Waals surface area contributed by atoms with Gasteiger partial charge in [-0.1, -0.05) is 11.6 Å². The Morgan fingerprint density at radius 3 is 2.44 bits per heavy atom. The number of anilines is 2. The van der Waals surface area contributed by atoms with Crippen LogP contribution in [-0.2, 0) is 0 Å². The lowest BCUT2D eigenvalue weighted by atomic mass is 10.1. The van der Waals surface area contributed by atoms with Gasteiger partial charge in [0.1, 0.15) is 0 Å². The van der Waals surface area contributed by atoms with E-state index in [1.54, 1.807) is 0 Å². The van der Waals surface area contributed by atoms with Gasteiger partial charge in [-0.25, -0.2) is 4.79 Å². The Morgan fingerprint density at radius 2 is 2.00 bits per heavy atom. The molecule has 0 bridgehead atoms. The van der Waals surface area contributed by atoms with Crippen LogP contribution >= 0.6 is 11.6 Å². The molecule has 0 radical (unpaired) electrons. The predicted molar refractivity (Wildman–Crippen MR) is 66.2 cm³/mol. The Balaban J connectivity index is 3.30. The van der Waals surface area contributed by atoms with Crippen molar-refractivity contribution in [3.8, 4) is 0 Å². The Hall–Kier alpha value is -1.42. The molecule has 0 aliphatic heterocycles. The van der Waals surface area contributed by atoms with Gasteiger partial charge in [0.2, 0.25) is 0 Å². The highest BCUT2D eigenvalue weighted by Crippen LogP contribution is 2.31. The average molecular weight is 243 g/mol. The zero-order chi connectivity index (χ0) is 12.5. The number of benzene rings is 1. The molecule has 0 fully saturated rings. The summed E-state index contributed by atoms with van der Waals surface area (Å²) in [6, 6.07) is 2.92. The number of nitrogens with one attached hydrogen (secondary N) is 1. The van der Waals surface area contributed by atoms with Crippen molar-refractivity contribution >= 4 is 28.9 Å². The zero-order valence-electron chi connectivity index (χ0n) is 9.47. The summed E-state index contributed by atoms with van der Waals surface area (Å²) in [5, 5.41) is 12.4. The van der Waals surface area contributed by atoms with Crippen molar-refractivity contribution in [1.29, 1.82) is 0 Å². The Morgan fingerprint density at radius 1 is 1.44 bits per heavy atom. The number of nitrogen functional groups attached to an aromatic ring is 1. The van der Waals surface area contributed by atoms with Gasteiger partial charge in [0, 0.05) is 11.2 Å². The van der Waals surface area contributed by atoms with E-state index in [-0.39, 0.29) is 11.1 Å². The van der Waals surface area contributed by atoms with Crippen molar-refractivity contribution in [2.75, 3.05) is 11.1 Å². The van der Waals surface area contributed by atoms with E-state index < -0.39 is 5.97 Å². The Labute approximate surface area is 99.4 Å². The first-order valence-corrected chi connectivity index (χ1v) is 5.19. The lowest BCUT2D eigenvalue weighted by Crippen LogP contribution is -2.27. The molecule has 0 aliphatic rings. The maximum absolute atomic E-state index is 11.1. The second-order valence-corrected chi connectivity index (χ2v) is 5.01. The third-order valence-corrected chi connectivity index (χ3v) is 2.14. The molecule has 0 aromatic heterocycles. The van der Waals surface area contributed by atoms with E-state index in [4.69, 9.17) is 22.4 Å². The quantitative estimate of drug-likeness (QED) is 0.697. The summed E-state index contributed by atoms with van der Waals surface area (Å²) in [4.78, 5) is 11.1. The van der Waals surface area contributed by atoms with E-state index in [1.807, 2.05) is 20.8 Å². The summed E-state index contributed by atoms with van der Waals surface area (Å²) in [6.07, 6.45) is 0. The molecule has 5 heteroatoms. The van der Waals surface area contributed by atoms with Gasteiger partial charge < -0.3 is 16.2 Å². The Kier molecular flexibility index (Phi) is 3.33. The fourth-order valence-corrected chi connectivity index (χ4v) is 1.57. The monoisotopic (exact) mass is 242 g/mol. The van der Waals surface area contributed by atoms with Gasteiger partial charge in [0.05, 0.1) is 16.3 Å². The molecule has 0 atom stereocenters.